The van der Waals surface area contributed by atoms with Gasteiger partial charge in [-0.25, -0.2) is 0 Å². The SMILES string of the molecule is COc1cc(CO)c2c3c(nccc13)-c1ccc(Cl)cc1N2. The maximum Gasteiger partial charge on any atom is 0.127 e. The number of aliphatic hydroxyl groups excluding tert-OH is 1. The van der Waals surface area contributed by atoms with Crippen molar-refractivity contribution in [3.63, 3.8) is 0 Å². The van der Waals surface area contributed by atoms with Crippen molar-refractivity contribution in [2.75, 3.05) is 12.4 Å². The number of nitrogens with zero attached hydrogens (tertiary/aromatic N) is 1. The second-order valence-electron chi connectivity index (χ2n) is 5.17. The molecule has 0 radical (unpaired) electrons. The predicted octanol–water partition coefficient (Wildman–Crippen LogP) is 4.11. The highest BCUT2D eigenvalue weighted by Crippen LogP contribution is 2.47. The molecule has 1 aromatic heterocycles. The minimum absolute atomic E-state index is 0.0845. The van der Waals surface area contributed by atoms with E-state index < -0.39 is 0 Å². The van der Waals surface area contributed by atoms with E-state index in [0.29, 0.717) is 5.02 Å². The van der Waals surface area contributed by atoms with Crippen LogP contribution in [-0.2, 0) is 6.61 Å². The van der Waals surface area contributed by atoms with E-state index in [1.807, 2.05) is 30.3 Å². The lowest BCUT2D eigenvalue weighted by Gasteiger charge is -2.24. The number of halogens is 1. The number of rotatable bonds is 2. The Morgan fingerprint density at radius 1 is 1.27 bits per heavy atom. The number of nitrogens with one attached hydrogen (secondary N) is 1. The molecule has 0 saturated heterocycles. The van der Waals surface area contributed by atoms with Crippen molar-refractivity contribution in [1.82, 2.24) is 4.98 Å². The number of hydrogen-bond acceptors (Lipinski definition) is 4. The zero-order chi connectivity index (χ0) is 15.3. The summed E-state index contributed by atoms with van der Waals surface area (Å²) in [5, 5.41) is 15.7. The zero-order valence-electron chi connectivity index (χ0n) is 11.9. The van der Waals surface area contributed by atoms with E-state index in [0.717, 1.165) is 44.7 Å². The molecule has 1 aliphatic rings. The van der Waals surface area contributed by atoms with Gasteiger partial charge in [0.2, 0.25) is 0 Å². The first-order chi connectivity index (χ1) is 10.7. The van der Waals surface area contributed by atoms with Crippen molar-refractivity contribution in [3.8, 4) is 17.0 Å². The number of ether oxygens (including phenoxy) is 1. The minimum atomic E-state index is -0.0845. The van der Waals surface area contributed by atoms with Gasteiger partial charge >= 0.3 is 0 Å². The Morgan fingerprint density at radius 3 is 2.91 bits per heavy atom. The topological polar surface area (TPSA) is 54.4 Å². The van der Waals surface area contributed by atoms with Crippen molar-refractivity contribution in [2.45, 2.75) is 6.61 Å². The third kappa shape index (κ3) is 1.78. The van der Waals surface area contributed by atoms with Crippen LogP contribution in [0.5, 0.6) is 5.75 Å². The van der Waals surface area contributed by atoms with E-state index >= 15 is 0 Å². The number of aromatic nitrogens is 1. The summed E-state index contributed by atoms with van der Waals surface area (Å²) in [5.74, 6) is 0.727. The van der Waals surface area contributed by atoms with Crippen molar-refractivity contribution >= 4 is 33.7 Å². The highest BCUT2D eigenvalue weighted by molar-refractivity contribution is 6.31. The molecule has 22 heavy (non-hydrogen) atoms. The number of fused-ring (bicyclic) bond motifs is 2. The van der Waals surface area contributed by atoms with Gasteiger partial charge in [-0.2, -0.15) is 0 Å². The Morgan fingerprint density at radius 2 is 2.14 bits per heavy atom. The van der Waals surface area contributed by atoms with Crippen molar-refractivity contribution in [2.24, 2.45) is 0 Å². The number of methoxy groups -OCH3 is 1. The summed E-state index contributed by atoms with van der Waals surface area (Å²) in [7, 11) is 1.63. The fraction of sp³-hybridized carbons (Fsp3) is 0.118. The molecule has 0 unspecified atom stereocenters. The third-order valence-electron chi connectivity index (χ3n) is 3.98. The smallest absolute Gasteiger partial charge is 0.127 e. The lowest BCUT2D eigenvalue weighted by atomic mass is 9.94. The molecule has 0 bridgehead atoms. The maximum absolute atomic E-state index is 9.70. The van der Waals surface area contributed by atoms with Crippen LogP contribution in [0.15, 0.2) is 36.5 Å². The fourth-order valence-electron chi connectivity index (χ4n) is 2.99. The van der Waals surface area contributed by atoms with Gasteiger partial charge in [-0.05, 0) is 30.3 Å². The van der Waals surface area contributed by atoms with E-state index in [1.54, 1.807) is 13.3 Å². The molecule has 5 heteroatoms. The quantitative estimate of drug-likeness (QED) is 0.585. The van der Waals surface area contributed by atoms with Gasteiger partial charge in [0.25, 0.3) is 0 Å². The lowest BCUT2D eigenvalue weighted by molar-refractivity contribution is 0.282. The molecule has 4 nitrogen and oxygen atoms in total. The van der Waals surface area contributed by atoms with Crippen LogP contribution in [0.4, 0.5) is 11.4 Å². The summed E-state index contributed by atoms with van der Waals surface area (Å²) in [6.45, 7) is -0.0845. The molecule has 0 amide bonds. The average molecular weight is 313 g/mol. The Hall–Kier alpha value is -2.30. The maximum atomic E-state index is 9.70. The summed E-state index contributed by atoms with van der Waals surface area (Å²) in [5.41, 5.74) is 4.37. The van der Waals surface area contributed by atoms with Crippen LogP contribution in [0, 0.1) is 0 Å². The van der Waals surface area contributed by atoms with Crippen LogP contribution in [0.1, 0.15) is 5.56 Å². The fourth-order valence-corrected chi connectivity index (χ4v) is 3.16. The van der Waals surface area contributed by atoms with Crippen LogP contribution in [-0.4, -0.2) is 17.2 Å². The Bertz CT molecular complexity index is 909. The lowest BCUT2D eigenvalue weighted by Crippen LogP contribution is -2.06. The summed E-state index contributed by atoms with van der Waals surface area (Å²) < 4.78 is 5.47. The number of aliphatic hydroxyl groups is 1. The van der Waals surface area contributed by atoms with Gasteiger partial charge in [0.15, 0.2) is 0 Å². The van der Waals surface area contributed by atoms with Gasteiger partial charge in [0, 0.05) is 38.8 Å². The van der Waals surface area contributed by atoms with Crippen LogP contribution in [0.2, 0.25) is 5.02 Å². The number of pyridine rings is 1. The van der Waals surface area contributed by atoms with Crippen molar-refractivity contribution in [1.29, 1.82) is 0 Å². The second-order valence-corrected chi connectivity index (χ2v) is 5.60. The van der Waals surface area contributed by atoms with Crippen LogP contribution in [0.3, 0.4) is 0 Å². The molecule has 2 heterocycles. The number of hydrogen-bond donors (Lipinski definition) is 2. The van der Waals surface area contributed by atoms with Crippen LogP contribution < -0.4 is 10.1 Å². The summed E-state index contributed by atoms with van der Waals surface area (Å²) in [4.78, 5) is 4.54. The van der Waals surface area contributed by atoms with Gasteiger partial charge in [0.05, 0.1) is 25.1 Å². The number of benzene rings is 2. The molecule has 2 aromatic carbocycles. The molecule has 0 fully saturated rings. The molecular weight excluding hydrogens is 300 g/mol. The Kier molecular flexibility index (Phi) is 2.96. The number of anilines is 2. The molecule has 0 aliphatic carbocycles. The van der Waals surface area contributed by atoms with Gasteiger partial charge in [-0.15, -0.1) is 0 Å². The Labute approximate surface area is 132 Å². The van der Waals surface area contributed by atoms with E-state index in [-0.39, 0.29) is 6.61 Å². The van der Waals surface area contributed by atoms with Gasteiger partial charge in [0.1, 0.15) is 5.75 Å². The molecule has 1 aliphatic heterocycles. The molecule has 3 aromatic rings. The van der Waals surface area contributed by atoms with Crippen LogP contribution >= 0.6 is 11.6 Å². The van der Waals surface area contributed by atoms with Crippen molar-refractivity contribution in [3.05, 3.63) is 47.1 Å². The molecule has 0 saturated carbocycles. The standard InChI is InChI=1S/C17H13ClN2O2/c1-22-14-6-9(8-21)16-15-12(14)4-5-19-17(15)11-3-2-10(18)7-13(11)20-16/h2-7,20-21H,8H2,1H3. The monoisotopic (exact) mass is 312 g/mol. The van der Waals surface area contributed by atoms with Gasteiger partial charge in [-0.1, -0.05) is 11.6 Å². The van der Waals surface area contributed by atoms with E-state index in [9.17, 15) is 5.11 Å². The summed E-state index contributed by atoms with van der Waals surface area (Å²) >= 11 is 6.10. The first-order valence-electron chi connectivity index (χ1n) is 6.89. The molecular formula is C17H13ClN2O2. The molecule has 0 spiro atoms. The summed E-state index contributed by atoms with van der Waals surface area (Å²) in [6, 6.07) is 9.44. The highest BCUT2D eigenvalue weighted by atomic mass is 35.5. The molecule has 110 valence electrons. The zero-order valence-corrected chi connectivity index (χ0v) is 12.6. The summed E-state index contributed by atoms with van der Waals surface area (Å²) in [6.07, 6.45) is 1.77. The highest BCUT2D eigenvalue weighted by Gasteiger charge is 2.23. The van der Waals surface area contributed by atoms with Gasteiger partial charge < -0.3 is 15.2 Å². The average Bonchev–Trinajstić information content (AvgIpc) is 2.55. The molecule has 0 atom stereocenters. The van der Waals surface area contributed by atoms with E-state index in [1.165, 1.54) is 0 Å². The predicted molar refractivity (Wildman–Crippen MR) is 87.9 cm³/mol. The Balaban J connectivity index is 2.16. The second kappa shape index (κ2) is 4.87. The van der Waals surface area contributed by atoms with Crippen LogP contribution in [0.25, 0.3) is 22.0 Å². The van der Waals surface area contributed by atoms with E-state index in [4.69, 9.17) is 16.3 Å². The largest absolute Gasteiger partial charge is 0.496 e. The first kappa shape index (κ1) is 13.4. The van der Waals surface area contributed by atoms with Crippen molar-refractivity contribution < 1.29 is 9.84 Å². The first-order valence-corrected chi connectivity index (χ1v) is 7.27. The van der Waals surface area contributed by atoms with Gasteiger partial charge in [-0.3, -0.25) is 4.98 Å². The molecule has 2 N–H and O–H groups in total. The normalized spacial score (nSPS) is 12.0. The third-order valence-corrected chi connectivity index (χ3v) is 4.21. The minimum Gasteiger partial charge on any atom is -0.496 e. The van der Waals surface area contributed by atoms with E-state index in [2.05, 4.69) is 10.3 Å². The molecule has 4 rings (SSSR count).